The molecule has 0 aliphatic heterocycles. The number of hydrogen-bond donors (Lipinski definition) is 1. The first kappa shape index (κ1) is 14.8. The summed E-state index contributed by atoms with van der Waals surface area (Å²) >= 11 is 5.81. The van der Waals surface area contributed by atoms with Crippen LogP contribution in [0.4, 0.5) is 10.1 Å². The van der Waals surface area contributed by atoms with Crippen LogP contribution in [0, 0.1) is 17.1 Å². The molecule has 2 aromatic rings. The van der Waals surface area contributed by atoms with Gasteiger partial charge in [0.15, 0.2) is 0 Å². The Bertz CT molecular complexity index is 741. The molecule has 4 nitrogen and oxygen atoms in total. The number of carbonyl (C=O) groups is 1. The molecule has 0 aliphatic rings. The summed E-state index contributed by atoms with van der Waals surface area (Å²) in [6.45, 7) is -0.276. The maximum atomic E-state index is 13.5. The van der Waals surface area contributed by atoms with Crippen molar-refractivity contribution in [2.24, 2.45) is 0 Å². The minimum atomic E-state index is -0.654. The fourth-order valence-corrected chi connectivity index (χ4v) is 1.82. The third-order valence-corrected chi connectivity index (χ3v) is 3.10. The van der Waals surface area contributed by atoms with Crippen LogP contribution < -0.4 is 5.73 Å². The van der Waals surface area contributed by atoms with Gasteiger partial charge in [0.1, 0.15) is 12.4 Å². The van der Waals surface area contributed by atoms with Crippen molar-refractivity contribution in [3.63, 3.8) is 0 Å². The first-order valence-electron chi connectivity index (χ1n) is 5.92. The number of esters is 1. The van der Waals surface area contributed by atoms with Crippen molar-refractivity contribution in [3.8, 4) is 6.07 Å². The van der Waals surface area contributed by atoms with Crippen molar-refractivity contribution in [3.05, 3.63) is 63.9 Å². The van der Waals surface area contributed by atoms with Gasteiger partial charge in [-0.25, -0.2) is 9.18 Å². The molecule has 6 heteroatoms. The Balaban J connectivity index is 2.11. The molecule has 106 valence electrons. The molecule has 2 aromatic carbocycles. The number of nitrogen functional groups attached to an aromatic ring is 1. The van der Waals surface area contributed by atoms with E-state index < -0.39 is 11.8 Å². The number of benzene rings is 2. The van der Waals surface area contributed by atoms with Gasteiger partial charge in [-0.1, -0.05) is 11.6 Å². The number of anilines is 1. The van der Waals surface area contributed by atoms with Crippen LogP contribution in [0.15, 0.2) is 36.4 Å². The molecule has 0 radical (unpaired) electrons. The van der Waals surface area contributed by atoms with Gasteiger partial charge in [0, 0.05) is 5.56 Å². The predicted molar refractivity (Wildman–Crippen MR) is 76.1 cm³/mol. The van der Waals surface area contributed by atoms with Crippen LogP contribution in [-0.4, -0.2) is 5.97 Å². The van der Waals surface area contributed by atoms with Crippen LogP contribution in [0.25, 0.3) is 0 Å². The van der Waals surface area contributed by atoms with E-state index in [-0.39, 0.29) is 28.3 Å². The van der Waals surface area contributed by atoms with Gasteiger partial charge in [0.2, 0.25) is 0 Å². The lowest BCUT2D eigenvalue weighted by molar-refractivity contribution is 0.0469. The third-order valence-electron chi connectivity index (χ3n) is 2.77. The number of ether oxygens (including phenoxy) is 1. The maximum Gasteiger partial charge on any atom is 0.338 e. The Morgan fingerprint density at radius 3 is 2.76 bits per heavy atom. The average molecular weight is 305 g/mol. The molecular formula is C15H10ClFN2O2. The van der Waals surface area contributed by atoms with E-state index >= 15 is 0 Å². The second kappa shape index (κ2) is 6.25. The summed E-state index contributed by atoms with van der Waals surface area (Å²) in [6, 6.07) is 10.0. The standard InChI is InChI=1S/C15H10ClFN2O2/c16-12-6-10(2-4-14(12)19)15(20)21-8-11-5-9(7-18)1-3-13(11)17/h1-6H,8,19H2. The molecule has 0 saturated heterocycles. The van der Waals surface area contributed by atoms with E-state index in [9.17, 15) is 9.18 Å². The van der Waals surface area contributed by atoms with Crippen molar-refractivity contribution in [2.75, 3.05) is 5.73 Å². The van der Waals surface area contributed by atoms with Crippen molar-refractivity contribution in [2.45, 2.75) is 6.61 Å². The number of carbonyl (C=O) groups excluding carboxylic acids is 1. The van der Waals surface area contributed by atoms with Crippen LogP contribution in [0.3, 0.4) is 0 Å². The number of nitrogens with two attached hydrogens (primary N) is 1. The largest absolute Gasteiger partial charge is 0.457 e. The first-order valence-corrected chi connectivity index (χ1v) is 6.29. The molecule has 2 rings (SSSR count). The van der Waals surface area contributed by atoms with Gasteiger partial charge < -0.3 is 10.5 Å². The van der Waals surface area contributed by atoms with Crippen LogP contribution in [0.2, 0.25) is 5.02 Å². The van der Waals surface area contributed by atoms with Crippen LogP contribution in [0.5, 0.6) is 0 Å². The van der Waals surface area contributed by atoms with Gasteiger partial charge in [0.25, 0.3) is 0 Å². The highest BCUT2D eigenvalue weighted by molar-refractivity contribution is 6.33. The highest BCUT2D eigenvalue weighted by atomic mass is 35.5. The van der Waals surface area contributed by atoms with Gasteiger partial charge in [-0.05, 0) is 36.4 Å². The SMILES string of the molecule is N#Cc1ccc(F)c(COC(=O)c2ccc(N)c(Cl)c2)c1. The number of hydrogen-bond acceptors (Lipinski definition) is 4. The minimum absolute atomic E-state index is 0.129. The molecule has 0 aliphatic carbocycles. The highest BCUT2D eigenvalue weighted by Gasteiger charge is 2.11. The van der Waals surface area contributed by atoms with Crippen LogP contribution in [-0.2, 0) is 11.3 Å². The Kier molecular flexibility index (Phi) is 4.41. The molecule has 0 heterocycles. The van der Waals surface area contributed by atoms with Gasteiger partial charge >= 0.3 is 5.97 Å². The van der Waals surface area contributed by atoms with Crippen LogP contribution in [0.1, 0.15) is 21.5 Å². The minimum Gasteiger partial charge on any atom is -0.457 e. The van der Waals surface area contributed by atoms with E-state index in [1.54, 1.807) is 0 Å². The van der Waals surface area contributed by atoms with Gasteiger partial charge in [-0.3, -0.25) is 0 Å². The third kappa shape index (κ3) is 3.50. The Morgan fingerprint density at radius 1 is 1.33 bits per heavy atom. The summed E-state index contributed by atoms with van der Waals surface area (Å²) in [4.78, 5) is 11.8. The average Bonchev–Trinajstić information content (AvgIpc) is 2.49. The fraction of sp³-hybridized carbons (Fsp3) is 0.0667. The van der Waals surface area contributed by atoms with E-state index in [1.165, 1.54) is 30.3 Å². The first-order chi connectivity index (χ1) is 10.0. The zero-order valence-corrected chi connectivity index (χ0v) is 11.5. The maximum absolute atomic E-state index is 13.5. The number of nitrogens with zero attached hydrogens (tertiary/aromatic N) is 1. The molecule has 0 saturated carbocycles. The van der Waals surface area contributed by atoms with Crippen molar-refractivity contribution in [1.82, 2.24) is 0 Å². The molecule has 0 spiro atoms. The topological polar surface area (TPSA) is 76.1 Å². The number of halogens is 2. The summed E-state index contributed by atoms with van der Waals surface area (Å²) < 4.78 is 18.5. The normalized spacial score (nSPS) is 9.95. The molecule has 0 amide bonds. The zero-order chi connectivity index (χ0) is 15.4. The van der Waals surface area contributed by atoms with Gasteiger partial charge in [0.05, 0.1) is 27.9 Å². The lowest BCUT2D eigenvalue weighted by Gasteiger charge is -2.07. The summed E-state index contributed by atoms with van der Waals surface area (Å²) in [5, 5.41) is 9.00. The van der Waals surface area contributed by atoms with E-state index in [0.29, 0.717) is 5.69 Å². The van der Waals surface area contributed by atoms with Crippen LogP contribution >= 0.6 is 11.6 Å². The smallest absolute Gasteiger partial charge is 0.338 e. The van der Waals surface area contributed by atoms with Crippen molar-refractivity contribution < 1.29 is 13.9 Å². The monoisotopic (exact) mass is 304 g/mol. The zero-order valence-electron chi connectivity index (χ0n) is 10.8. The summed E-state index contributed by atoms with van der Waals surface area (Å²) in [5.41, 5.74) is 6.52. The number of rotatable bonds is 3. The fourth-order valence-electron chi connectivity index (χ4n) is 1.64. The van der Waals surface area contributed by atoms with Gasteiger partial charge in [-0.15, -0.1) is 0 Å². The quantitative estimate of drug-likeness (QED) is 0.697. The van der Waals surface area contributed by atoms with E-state index in [4.69, 9.17) is 27.3 Å². The lowest BCUT2D eigenvalue weighted by Crippen LogP contribution is -2.07. The summed E-state index contributed by atoms with van der Waals surface area (Å²) in [7, 11) is 0. The van der Waals surface area contributed by atoms with E-state index in [0.717, 1.165) is 6.07 Å². The Hall–Kier alpha value is -2.58. The lowest BCUT2D eigenvalue weighted by atomic mass is 10.1. The predicted octanol–water partition coefficient (Wildman–Crippen LogP) is 3.29. The van der Waals surface area contributed by atoms with Gasteiger partial charge in [-0.2, -0.15) is 5.26 Å². The Morgan fingerprint density at radius 2 is 2.10 bits per heavy atom. The second-order valence-electron chi connectivity index (χ2n) is 4.23. The summed E-state index contributed by atoms with van der Waals surface area (Å²) in [5.74, 6) is -1.20. The summed E-state index contributed by atoms with van der Waals surface area (Å²) in [6.07, 6.45) is 0. The molecular weight excluding hydrogens is 295 g/mol. The molecule has 21 heavy (non-hydrogen) atoms. The molecule has 0 atom stereocenters. The highest BCUT2D eigenvalue weighted by Crippen LogP contribution is 2.20. The van der Waals surface area contributed by atoms with E-state index in [2.05, 4.69) is 0 Å². The molecule has 0 aromatic heterocycles. The molecule has 0 fully saturated rings. The second-order valence-corrected chi connectivity index (χ2v) is 4.64. The molecule has 0 bridgehead atoms. The van der Waals surface area contributed by atoms with Crippen molar-refractivity contribution in [1.29, 1.82) is 5.26 Å². The van der Waals surface area contributed by atoms with Crippen molar-refractivity contribution >= 4 is 23.3 Å². The molecule has 2 N–H and O–H groups in total. The van der Waals surface area contributed by atoms with E-state index in [1.807, 2.05) is 6.07 Å². The molecule has 0 unspecified atom stereocenters. The Labute approximate surface area is 125 Å². The number of nitriles is 1.